The Hall–Kier alpha value is -1.85. The van der Waals surface area contributed by atoms with Gasteiger partial charge in [0.15, 0.2) is 0 Å². The second-order valence-electron chi connectivity index (χ2n) is 8.59. The fourth-order valence-corrected chi connectivity index (χ4v) is 3.41. The van der Waals surface area contributed by atoms with Crippen molar-refractivity contribution in [2.45, 2.75) is 123 Å². The summed E-state index contributed by atoms with van der Waals surface area (Å²) in [7, 11) is 0. The van der Waals surface area contributed by atoms with E-state index in [-0.39, 0.29) is 24.1 Å². The fourth-order valence-electron chi connectivity index (χ4n) is 3.41. The van der Waals surface area contributed by atoms with Gasteiger partial charge in [0.2, 0.25) is 17.7 Å². The molecule has 0 aromatic carbocycles. The SMILES string of the molecule is C/C=C/CCCCCCCCCC(=O)N[C@@H](CCC(=O)NCCCC)C(=O)NCCCC. The summed E-state index contributed by atoms with van der Waals surface area (Å²) in [6, 6.07) is -0.645. The van der Waals surface area contributed by atoms with Gasteiger partial charge in [0.05, 0.1) is 0 Å². The molecule has 6 heteroatoms. The smallest absolute Gasteiger partial charge is 0.242 e. The normalized spacial score (nSPS) is 12.0. The lowest BCUT2D eigenvalue weighted by molar-refractivity contribution is -0.129. The van der Waals surface area contributed by atoms with E-state index in [9.17, 15) is 14.4 Å². The van der Waals surface area contributed by atoms with Crippen LogP contribution in [0, 0.1) is 0 Å². The zero-order valence-corrected chi connectivity index (χ0v) is 21.0. The maximum Gasteiger partial charge on any atom is 0.242 e. The van der Waals surface area contributed by atoms with Crippen LogP contribution in [0.15, 0.2) is 12.2 Å². The molecule has 0 spiro atoms. The van der Waals surface area contributed by atoms with Crippen molar-refractivity contribution in [3.63, 3.8) is 0 Å². The van der Waals surface area contributed by atoms with Crippen LogP contribution in [0.5, 0.6) is 0 Å². The Bertz CT molecular complexity index is 520. The molecule has 186 valence electrons. The first-order chi connectivity index (χ1) is 15.5. The summed E-state index contributed by atoms with van der Waals surface area (Å²) in [5.74, 6) is -0.353. The van der Waals surface area contributed by atoms with Crippen molar-refractivity contribution in [3.8, 4) is 0 Å². The number of rotatable bonds is 21. The highest BCUT2D eigenvalue weighted by Crippen LogP contribution is 2.10. The lowest BCUT2D eigenvalue weighted by Crippen LogP contribution is -2.47. The first kappa shape index (κ1) is 30.1. The van der Waals surface area contributed by atoms with E-state index in [1.807, 2.05) is 0 Å². The largest absolute Gasteiger partial charge is 0.356 e. The van der Waals surface area contributed by atoms with Gasteiger partial charge in [-0.05, 0) is 45.4 Å². The number of carbonyl (C=O) groups is 3. The average molecular weight is 452 g/mol. The molecule has 6 nitrogen and oxygen atoms in total. The van der Waals surface area contributed by atoms with E-state index < -0.39 is 6.04 Å². The number of allylic oxidation sites excluding steroid dienone is 2. The molecule has 0 aliphatic carbocycles. The summed E-state index contributed by atoms with van der Waals surface area (Å²) in [5.41, 5.74) is 0. The van der Waals surface area contributed by atoms with Gasteiger partial charge < -0.3 is 16.0 Å². The van der Waals surface area contributed by atoms with Gasteiger partial charge in [-0.1, -0.05) is 70.9 Å². The molecular weight excluding hydrogens is 402 g/mol. The Morgan fingerprint density at radius 3 is 1.94 bits per heavy atom. The van der Waals surface area contributed by atoms with E-state index in [1.165, 1.54) is 32.1 Å². The Labute approximate surface area is 196 Å². The number of hydrogen-bond acceptors (Lipinski definition) is 3. The molecule has 0 saturated heterocycles. The van der Waals surface area contributed by atoms with Crippen molar-refractivity contribution in [1.82, 2.24) is 16.0 Å². The minimum Gasteiger partial charge on any atom is -0.356 e. The standard InChI is InChI=1S/C26H49N3O3/c1-4-7-10-11-12-13-14-15-16-17-18-25(31)29-23(26(32)28-22-9-6-3)19-20-24(30)27-21-8-5-2/h4,7,23H,5-6,8-22H2,1-3H3,(H,27,30)(H,28,32)(H,29,31)/b7-4+/t23-/m0/s1. The Morgan fingerprint density at radius 2 is 1.31 bits per heavy atom. The van der Waals surface area contributed by atoms with Gasteiger partial charge in [-0.2, -0.15) is 0 Å². The van der Waals surface area contributed by atoms with Crippen LogP contribution in [-0.4, -0.2) is 36.9 Å². The van der Waals surface area contributed by atoms with Crippen LogP contribution in [0.3, 0.4) is 0 Å². The molecule has 3 amide bonds. The highest BCUT2D eigenvalue weighted by Gasteiger charge is 2.21. The predicted octanol–water partition coefficient (Wildman–Crippen LogP) is 5.17. The maximum atomic E-state index is 12.5. The van der Waals surface area contributed by atoms with Gasteiger partial charge in [-0.3, -0.25) is 14.4 Å². The maximum absolute atomic E-state index is 12.5. The summed E-state index contributed by atoms with van der Waals surface area (Å²) in [6.07, 6.45) is 18.4. The van der Waals surface area contributed by atoms with E-state index >= 15 is 0 Å². The molecule has 1 atom stereocenters. The van der Waals surface area contributed by atoms with Crippen LogP contribution in [-0.2, 0) is 14.4 Å². The number of amides is 3. The van der Waals surface area contributed by atoms with E-state index in [0.717, 1.165) is 44.9 Å². The monoisotopic (exact) mass is 451 g/mol. The third kappa shape index (κ3) is 18.9. The second kappa shape index (κ2) is 22.3. The first-order valence-corrected chi connectivity index (χ1v) is 13.0. The minimum atomic E-state index is -0.645. The lowest BCUT2D eigenvalue weighted by Gasteiger charge is -2.18. The van der Waals surface area contributed by atoms with Crippen LogP contribution in [0.1, 0.15) is 117 Å². The third-order valence-electron chi connectivity index (χ3n) is 5.50. The van der Waals surface area contributed by atoms with Gasteiger partial charge in [0.25, 0.3) is 0 Å². The van der Waals surface area contributed by atoms with Gasteiger partial charge in [0.1, 0.15) is 6.04 Å². The van der Waals surface area contributed by atoms with Crippen molar-refractivity contribution in [1.29, 1.82) is 0 Å². The van der Waals surface area contributed by atoms with Gasteiger partial charge in [-0.25, -0.2) is 0 Å². The number of carbonyl (C=O) groups excluding carboxylic acids is 3. The van der Waals surface area contributed by atoms with Gasteiger partial charge in [0, 0.05) is 25.9 Å². The molecule has 0 aromatic rings. The van der Waals surface area contributed by atoms with Crippen LogP contribution >= 0.6 is 0 Å². The average Bonchev–Trinajstić information content (AvgIpc) is 2.78. The predicted molar refractivity (Wildman–Crippen MR) is 133 cm³/mol. The van der Waals surface area contributed by atoms with E-state index in [4.69, 9.17) is 0 Å². The molecule has 0 radical (unpaired) electrons. The molecule has 32 heavy (non-hydrogen) atoms. The number of unbranched alkanes of at least 4 members (excludes halogenated alkanes) is 9. The Morgan fingerprint density at radius 1 is 0.719 bits per heavy atom. The van der Waals surface area contributed by atoms with E-state index in [1.54, 1.807) is 0 Å². The highest BCUT2D eigenvalue weighted by atomic mass is 16.2. The fraction of sp³-hybridized carbons (Fsp3) is 0.808. The molecule has 0 fully saturated rings. The van der Waals surface area contributed by atoms with Crippen LogP contribution < -0.4 is 16.0 Å². The van der Waals surface area contributed by atoms with Crippen LogP contribution in [0.4, 0.5) is 0 Å². The summed E-state index contributed by atoms with van der Waals surface area (Å²) in [6.45, 7) is 7.45. The third-order valence-corrected chi connectivity index (χ3v) is 5.50. The zero-order chi connectivity index (χ0) is 23.9. The molecule has 0 aromatic heterocycles. The Balaban J connectivity index is 4.21. The van der Waals surface area contributed by atoms with Crippen molar-refractivity contribution < 1.29 is 14.4 Å². The van der Waals surface area contributed by atoms with Gasteiger partial charge >= 0.3 is 0 Å². The molecule has 0 aliphatic heterocycles. The molecule has 0 heterocycles. The number of hydrogen-bond donors (Lipinski definition) is 3. The summed E-state index contributed by atoms with van der Waals surface area (Å²) >= 11 is 0. The molecule has 0 aliphatic rings. The molecular formula is C26H49N3O3. The van der Waals surface area contributed by atoms with Crippen molar-refractivity contribution in [3.05, 3.63) is 12.2 Å². The van der Waals surface area contributed by atoms with Crippen LogP contribution in [0.25, 0.3) is 0 Å². The quantitative estimate of drug-likeness (QED) is 0.166. The van der Waals surface area contributed by atoms with Crippen LogP contribution in [0.2, 0.25) is 0 Å². The summed E-state index contributed by atoms with van der Waals surface area (Å²) in [4.78, 5) is 36.9. The second-order valence-corrected chi connectivity index (χ2v) is 8.59. The topological polar surface area (TPSA) is 87.3 Å². The minimum absolute atomic E-state index is 0.0650. The lowest BCUT2D eigenvalue weighted by atomic mass is 10.1. The summed E-state index contributed by atoms with van der Waals surface area (Å²) < 4.78 is 0. The Kier molecular flexibility index (Phi) is 21.1. The molecule has 0 unspecified atom stereocenters. The summed E-state index contributed by atoms with van der Waals surface area (Å²) in [5, 5.41) is 8.61. The van der Waals surface area contributed by atoms with Crippen molar-refractivity contribution in [2.75, 3.05) is 13.1 Å². The van der Waals surface area contributed by atoms with Crippen molar-refractivity contribution in [2.24, 2.45) is 0 Å². The van der Waals surface area contributed by atoms with Crippen molar-refractivity contribution >= 4 is 17.7 Å². The van der Waals surface area contributed by atoms with E-state index in [2.05, 4.69) is 48.9 Å². The first-order valence-electron chi connectivity index (χ1n) is 13.0. The van der Waals surface area contributed by atoms with E-state index in [0.29, 0.717) is 25.9 Å². The molecule has 0 bridgehead atoms. The highest BCUT2D eigenvalue weighted by molar-refractivity contribution is 5.88. The number of nitrogens with one attached hydrogen (secondary N) is 3. The molecule has 3 N–H and O–H groups in total. The molecule has 0 saturated carbocycles. The van der Waals surface area contributed by atoms with Gasteiger partial charge in [-0.15, -0.1) is 0 Å². The molecule has 0 rings (SSSR count). The zero-order valence-electron chi connectivity index (χ0n) is 21.0.